The minimum atomic E-state index is -0.572. The van der Waals surface area contributed by atoms with Gasteiger partial charge in [0.05, 0.1) is 0 Å². The summed E-state index contributed by atoms with van der Waals surface area (Å²) in [5.74, 6) is -1.14. The SMILES string of the molecule is CCCNCc1ccc(Sc2ccc(F)cc2F)nc1. The first-order chi connectivity index (χ1) is 9.69. The number of hydrogen-bond donors (Lipinski definition) is 1. The van der Waals surface area contributed by atoms with Gasteiger partial charge in [-0.3, -0.25) is 0 Å². The maximum atomic E-state index is 13.5. The third-order valence-electron chi connectivity index (χ3n) is 2.66. The zero-order valence-corrected chi connectivity index (χ0v) is 12.0. The van der Waals surface area contributed by atoms with Crippen molar-refractivity contribution in [2.75, 3.05) is 6.54 Å². The summed E-state index contributed by atoms with van der Waals surface area (Å²) < 4.78 is 26.3. The first-order valence-electron chi connectivity index (χ1n) is 6.47. The molecule has 0 radical (unpaired) electrons. The van der Waals surface area contributed by atoms with Crippen LogP contribution in [0.1, 0.15) is 18.9 Å². The molecule has 106 valence electrons. The second kappa shape index (κ2) is 7.36. The summed E-state index contributed by atoms with van der Waals surface area (Å²) in [6, 6.07) is 7.35. The van der Waals surface area contributed by atoms with Gasteiger partial charge in [-0.25, -0.2) is 13.8 Å². The zero-order chi connectivity index (χ0) is 14.4. The Morgan fingerprint density at radius 1 is 1.20 bits per heavy atom. The van der Waals surface area contributed by atoms with Crippen LogP contribution >= 0.6 is 11.8 Å². The fourth-order valence-electron chi connectivity index (χ4n) is 1.66. The molecule has 1 heterocycles. The summed E-state index contributed by atoms with van der Waals surface area (Å²) in [6.45, 7) is 3.86. The van der Waals surface area contributed by atoms with E-state index in [0.29, 0.717) is 9.92 Å². The molecule has 0 aliphatic carbocycles. The van der Waals surface area contributed by atoms with E-state index in [1.54, 1.807) is 6.20 Å². The zero-order valence-electron chi connectivity index (χ0n) is 11.2. The normalized spacial score (nSPS) is 10.8. The van der Waals surface area contributed by atoms with Gasteiger partial charge in [0.15, 0.2) is 0 Å². The van der Waals surface area contributed by atoms with E-state index >= 15 is 0 Å². The minimum absolute atomic E-state index is 0.371. The fraction of sp³-hybridized carbons (Fsp3) is 0.267. The molecule has 0 bridgehead atoms. The van der Waals surface area contributed by atoms with Crippen molar-refractivity contribution in [2.45, 2.75) is 29.8 Å². The molecule has 20 heavy (non-hydrogen) atoms. The van der Waals surface area contributed by atoms with E-state index < -0.39 is 11.6 Å². The molecule has 2 rings (SSSR count). The molecule has 2 nitrogen and oxygen atoms in total. The van der Waals surface area contributed by atoms with Gasteiger partial charge >= 0.3 is 0 Å². The molecule has 5 heteroatoms. The third kappa shape index (κ3) is 4.28. The van der Waals surface area contributed by atoms with E-state index in [9.17, 15) is 8.78 Å². The summed E-state index contributed by atoms with van der Waals surface area (Å²) in [7, 11) is 0. The van der Waals surface area contributed by atoms with Crippen LogP contribution in [0, 0.1) is 11.6 Å². The maximum absolute atomic E-state index is 13.5. The first kappa shape index (κ1) is 14.9. The Morgan fingerprint density at radius 2 is 2.05 bits per heavy atom. The van der Waals surface area contributed by atoms with Crippen LogP contribution < -0.4 is 5.32 Å². The van der Waals surface area contributed by atoms with Gasteiger partial charge in [-0.05, 0) is 36.7 Å². The Kier molecular flexibility index (Phi) is 5.49. The van der Waals surface area contributed by atoms with Crippen LogP contribution in [0.2, 0.25) is 0 Å². The van der Waals surface area contributed by atoms with E-state index in [2.05, 4.69) is 17.2 Å². The molecule has 0 saturated heterocycles. The minimum Gasteiger partial charge on any atom is -0.313 e. The van der Waals surface area contributed by atoms with Gasteiger partial charge in [0, 0.05) is 23.7 Å². The molecule has 0 spiro atoms. The Hall–Kier alpha value is -1.46. The van der Waals surface area contributed by atoms with Crippen LogP contribution in [-0.4, -0.2) is 11.5 Å². The van der Waals surface area contributed by atoms with Crippen molar-refractivity contribution in [3.8, 4) is 0 Å². The van der Waals surface area contributed by atoms with Gasteiger partial charge in [0.25, 0.3) is 0 Å². The monoisotopic (exact) mass is 294 g/mol. The van der Waals surface area contributed by atoms with Gasteiger partial charge in [0.1, 0.15) is 16.7 Å². The maximum Gasteiger partial charge on any atom is 0.140 e. The van der Waals surface area contributed by atoms with E-state index in [4.69, 9.17) is 0 Å². The Bertz CT molecular complexity index is 558. The highest BCUT2D eigenvalue weighted by Crippen LogP contribution is 2.28. The van der Waals surface area contributed by atoms with Gasteiger partial charge in [-0.15, -0.1) is 0 Å². The van der Waals surface area contributed by atoms with Crippen LogP contribution in [0.3, 0.4) is 0 Å². The quantitative estimate of drug-likeness (QED) is 0.815. The number of rotatable bonds is 6. The van der Waals surface area contributed by atoms with Gasteiger partial charge < -0.3 is 5.32 Å². The molecule has 0 aliphatic heterocycles. The smallest absolute Gasteiger partial charge is 0.140 e. The van der Waals surface area contributed by atoms with Gasteiger partial charge in [0.2, 0.25) is 0 Å². The lowest BCUT2D eigenvalue weighted by Crippen LogP contribution is -2.13. The molecule has 0 fully saturated rings. The number of pyridine rings is 1. The van der Waals surface area contributed by atoms with E-state index in [-0.39, 0.29) is 0 Å². The molecule has 1 aromatic heterocycles. The Morgan fingerprint density at radius 3 is 2.70 bits per heavy atom. The lowest BCUT2D eigenvalue weighted by atomic mass is 10.3. The van der Waals surface area contributed by atoms with Crippen molar-refractivity contribution >= 4 is 11.8 Å². The summed E-state index contributed by atoms with van der Waals surface area (Å²) in [6.07, 6.45) is 2.86. The lowest BCUT2D eigenvalue weighted by Gasteiger charge is -2.05. The standard InChI is InChI=1S/C15H16F2N2S/c1-2-7-18-9-11-3-6-15(19-10-11)20-14-5-4-12(16)8-13(14)17/h3-6,8,10,18H,2,7,9H2,1H3. The van der Waals surface area contributed by atoms with Crippen molar-refractivity contribution in [1.82, 2.24) is 10.3 Å². The van der Waals surface area contributed by atoms with Gasteiger partial charge in [-0.1, -0.05) is 24.8 Å². The first-order valence-corrected chi connectivity index (χ1v) is 7.29. The molecule has 0 aliphatic rings. The molecule has 0 saturated carbocycles. The molecule has 0 unspecified atom stereocenters. The van der Waals surface area contributed by atoms with Crippen molar-refractivity contribution in [2.24, 2.45) is 0 Å². The second-order valence-corrected chi connectivity index (χ2v) is 5.42. The molecule has 2 aromatic rings. The van der Waals surface area contributed by atoms with Crippen molar-refractivity contribution in [3.05, 3.63) is 53.7 Å². The highest BCUT2D eigenvalue weighted by atomic mass is 32.2. The highest BCUT2D eigenvalue weighted by molar-refractivity contribution is 7.99. The Balaban J connectivity index is 1.99. The number of nitrogens with zero attached hydrogens (tertiary/aromatic N) is 1. The molecule has 0 amide bonds. The Labute approximate surface area is 121 Å². The molecular formula is C15H16F2N2S. The van der Waals surface area contributed by atoms with E-state index in [0.717, 1.165) is 31.1 Å². The van der Waals surface area contributed by atoms with Gasteiger partial charge in [-0.2, -0.15) is 0 Å². The number of halogens is 2. The number of aromatic nitrogens is 1. The van der Waals surface area contributed by atoms with E-state index in [1.165, 1.54) is 23.9 Å². The second-order valence-electron chi connectivity index (χ2n) is 4.36. The number of hydrogen-bond acceptors (Lipinski definition) is 3. The lowest BCUT2D eigenvalue weighted by molar-refractivity contribution is 0.565. The summed E-state index contributed by atoms with van der Waals surface area (Å²) in [5.41, 5.74) is 1.09. The topological polar surface area (TPSA) is 24.9 Å². The average Bonchev–Trinajstić information content (AvgIpc) is 2.44. The fourth-order valence-corrected chi connectivity index (χ4v) is 2.42. The number of benzene rings is 1. The average molecular weight is 294 g/mol. The molecular weight excluding hydrogens is 278 g/mol. The summed E-state index contributed by atoms with van der Waals surface area (Å²) >= 11 is 1.19. The largest absolute Gasteiger partial charge is 0.313 e. The predicted octanol–water partition coefficient (Wildman–Crippen LogP) is 4.01. The van der Waals surface area contributed by atoms with Crippen molar-refractivity contribution in [1.29, 1.82) is 0 Å². The molecule has 0 atom stereocenters. The summed E-state index contributed by atoms with van der Waals surface area (Å²) in [5, 5.41) is 3.98. The van der Waals surface area contributed by atoms with Crippen LogP contribution in [-0.2, 0) is 6.54 Å². The summed E-state index contributed by atoms with van der Waals surface area (Å²) in [4.78, 5) is 4.65. The molecule has 1 aromatic carbocycles. The van der Waals surface area contributed by atoms with Crippen LogP contribution in [0.5, 0.6) is 0 Å². The predicted molar refractivity (Wildman–Crippen MR) is 76.7 cm³/mol. The molecule has 1 N–H and O–H groups in total. The number of nitrogens with one attached hydrogen (secondary N) is 1. The van der Waals surface area contributed by atoms with Crippen LogP contribution in [0.25, 0.3) is 0 Å². The third-order valence-corrected chi connectivity index (χ3v) is 3.66. The van der Waals surface area contributed by atoms with Crippen LogP contribution in [0.4, 0.5) is 8.78 Å². The van der Waals surface area contributed by atoms with Crippen molar-refractivity contribution in [3.63, 3.8) is 0 Å². The van der Waals surface area contributed by atoms with E-state index in [1.807, 2.05) is 12.1 Å². The van der Waals surface area contributed by atoms with Crippen molar-refractivity contribution < 1.29 is 8.78 Å². The highest BCUT2D eigenvalue weighted by Gasteiger charge is 2.06. The van der Waals surface area contributed by atoms with Crippen LogP contribution in [0.15, 0.2) is 46.5 Å².